The van der Waals surface area contributed by atoms with E-state index < -0.39 is 0 Å². The summed E-state index contributed by atoms with van der Waals surface area (Å²) in [6, 6.07) is 6.17. The Morgan fingerprint density at radius 3 is 2.80 bits per heavy atom. The molecule has 1 N–H and O–H groups in total. The first-order chi connectivity index (χ1) is 9.41. The molecule has 108 valence electrons. The third kappa shape index (κ3) is 1.73. The standard InChI is InChI=1S/C16H21ClN2O/c1-16(2)13-6-4-5-9-19(3,15(16)18-20)14-8-7-11(17)10-12(13)14/h7-8,10,13H,4-6,9H2,1-3H3/p+1. The maximum Gasteiger partial charge on any atom is 0.248 e. The van der Waals surface area contributed by atoms with Gasteiger partial charge in [0.2, 0.25) is 5.84 Å². The fraction of sp³-hybridized carbons (Fsp3) is 0.562. The van der Waals surface area contributed by atoms with Gasteiger partial charge in [-0.05, 0) is 50.4 Å². The molecule has 4 heteroatoms. The molecule has 3 nitrogen and oxygen atoms in total. The van der Waals surface area contributed by atoms with Crippen molar-refractivity contribution in [1.82, 2.24) is 4.48 Å². The quantitative estimate of drug-likeness (QED) is 0.430. The van der Waals surface area contributed by atoms with E-state index in [4.69, 9.17) is 11.6 Å². The van der Waals surface area contributed by atoms with Crippen LogP contribution in [-0.2, 0) is 0 Å². The Morgan fingerprint density at radius 1 is 1.35 bits per heavy atom. The number of rotatable bonds is 0. The van der Waals surface area contributed by atoms with Crippen LogP contribution in [0.1, 0.15) is 44.6 Å². The molecule has 0 aromatic heterocycles. The zero-order chi connectivity index (χ0) is 14.5. The lowest BCUT2D eigenvalue weighted by Gasteiger charge is -2.50. The molecule has 1 saturated heterocycles. The summed E-state index contributed by atoms with van der Waals surface area (Å²) in [5.74, 6) is 1.24. The van der Waals surface area contributed by atoms with E-state index in [0.717, 1.165) is 30.2 Å². The molecule has 2 bridgehead atoms. The zero-order valence-electron chi connectivity index (χ0n) is 12.4. The topological polar surface area (TPSA) is 32.6 Å². The molecule has 2 heterocycles. The van der Waals surface area contributed by atoms with Crippen molar-refractivity contribution in [3.05, 3.63) is 28.8 Å². The molecular formula is C16H22ClN2O+. The molecule has 2 aliphatic heterocycles. The van der Waals surface area contributed by atoms with E-state index in [-0.39, 0.29) is 5.41 Å². The van der Waals surface area contributed by atoms with Crippen LogP contribution in [-0.4, -0.2) is 24.6 Å². The third-order valence-electron chi connectivity index (χ3n) is 5.25. The number of nitrogens with zero attached hydrogens (tertiary/aromatic N) is 2. The minimum Gasteiger partial charge on any atom is -0.406 e. The van der Waals surface area contributed by atoms with Crippen molar-refractivity contribution in [3.63, 3.8) is 0 Å². The first-order valence-corrected chi connectivity index (χ1v) is 7.67. The Kier molecular flexibility index (Phi) is 3.11. The van der Waals surface area contributed by atoms with Gasteiger partial charge in [-0.25, -0.2) is 4.48 Å². The van der Waals surface area contributed by atoms with Gasteiger partial charge in [-0.15, -0.1) is 0 Å². The molecule has 20 heavy (non-hydrogen) atoms. The fourth-order valence-electron chi connectivity index (χ4n) is 4.30. The Labute approximate surface area is 125 Å². The molecule has 1 aromatic carbocycles. The van der Waals surface area contributed by atoms with Crippen LogP contribution < -0.4 is 4.48 Å². The number of hydrogen-bond donors (Lipinski definition) is 1. The minimum atomic E-state index is -0.151. The number of quaternary nitrogens is 1. The molecule has 1 aromatic rings. The summed E-state index contributed by atoms with van der Waals surface area (Å²) in [5.41, 5.74) is 2.42. The summed E-state index contributed by atoms with van der Waals surface area (Å²) < 4.78 is 0.604. The van der Waals surface area contributed by atoms with Gasteiger partial charge in [-0.3, -0.25) is 0 Å². The van der Waals surface area contributed by atoms with Gasteiger partial charge in [0, 0.05) is 22.6 Å². The first-order valence-electron chi connectivity index (χ1n) is 7.30. The highest BCUT2D eigenvalue weighted by atomic mass is 35.5. The van der Waals surface area contributed by atoms with E-state index in [1.165, 1.54) is 17.7 Å². The Balaban J connectivity index is 2.34. The van der Waals surface area contributed by atoms with Gasteiger partial charge in [0.05, 0.1) is 19.0 Å². The minimum absolute atomic E-state index is 0.151. The summed E-state index contributed by atoms with van der Waals surface area (Å²) >= 11 is 6.23. The zero-order valence-corrected chi connectivity index (χ0v) is 13.1. The van der Waals surface area contributed by atoms with Crippen molar-refractivity contribution < 1.29 is 5.21 Å². The van der Waals surface area contributed by atoms with Crippen LogP contribution in [0, 0.1) is 5.41 Å². The molecule has 0 aliphatic carbocycles. The second-order valence-electron chi connectivity index (χ2n) is 6.81. The summed E-state index contributed by atoms with van der Waals surface area (Å²) in [7, 11) is 2.16. The molecule has 2 atom stereocenters. The average molecular weight is 294 g/mol. The third-order valence-corrected chi connectivity index (χ3v) is 5.49. The van der Waals surface area contributed by atoms with Crippen LogP contribution in [0.25, 0.3) is 0 Å². The van der Waals surface area contributed by atoms with Crippen molar-refractivity contribution in [2.75, 3.05) is 13.6 Å². The van der Waals surface area contributed by atoms with Crippen molar-refractivity contribution in [3.8, 4) is 0 Å². The van der Waals surface area contributed by atoms with Crippen molar-refractivity contribution >= 4 is 23.1 Å². The monoisotopic (exact) mass is 293 g/mol. The molecule has 2 aliphatic rings. The number of hydrogen-bond acceptors (Lipinski definition) is 2. The molecular weight excluding hydrogens is 272 g/mol. The van der Waals surface area contributed by atoms with Crippen LogP contribution in [0.15, 0.2) is 23.4 Å². The SMILES string of the molecule is CC1(C)C(=NO)[N+]2(C)CCCCC1c1cc(Cl)ccc12. The van der Waals surface area contributed by atoms with Crippen molar-refractivity contribution in [1.29, 1.82) is 0 Å². The Bertz CT molecular complexity index is 582. The summed E-state index contributed by atoms with van der Waals surface area (Å²) in [6.07, 6.45) is 3.50. The fourth-order valence-corrected chi connectivity index (χ4v) is 4.48. The lowest BCUT2D eigenvalue weighted by atomic mass is 9.66. The van der Waals surface area contributed by atoms with Gasteiger partial charge < -0.3 is 5.21 Å². The molecule has 0 amide bonds. The number of halogens is 1. The summed E-state index contributed by atoms with van der Waals surface area (Å²) in [4.78, 5) is 0. The van der Waals surface area contributed by atoms with E-state index in [1.54, 1.807) is 0 Å². The summed E-state index contributed by atoms with van der Waals surface area (Å²) in [6.45, 7) is 5.36. The molecule has 0 spiro atoms. The summed E-state index contributed by atoms with van der Waals surface area (Å²) in [5, 5.41) is 14.2. The predicted octanol–water partition coefficient (Wildman–Crippen LogP) is 4.37. The van der Waals surface area contributed by atoms with Gasteiger partial charge >= 0.3 is 0 Å². The van der Waals surface area contributed by atoms with Gasteiger partial charge in [-0.1, -0.05) is 11.6 Å². The Morgan fingerprint density at radius 2 is 2.10 bits per heavy atom. The maximum atomic E-state index is 9.66. The molecule has 2 unspecified atom stereocenters. The number of benzene rings is 1. The van der Waals surface area contributed by atoms with Gasteiger partial charge in [0.25, 0.3) is 0 Å². The normalized spacial score (nSPS) is 33.6. The highest BCUT2D eigenvalue weighted by Crippen LogP contribution is 2.53. The van der Waals surface area contributed by atoms with Gasteiger partial charge in [0.1, 0.15) is 5.69 Å². The maximum absolute atomic E-state index is 9.66. The van der Waals surface area contributed by atoms with Gasteiger partial charge in [0.15, 0.2) is 0 Å². The molecule has 3 rings (SSSR count). The van der Waals surface area contributed by atoms with Crippen molar-refractivity contribution in [2.45, 2.75) is 39.0 Å². The van der Waals surface area contributed by atoms with E-state index >= 15 is 0 Å². The van der Waals surface area contributed by atoms with E-state index in [2.05, 4.69) is 38.2 Å². The number of fused-ring (bicyclic) bond motifs is 6. The second kappa shape index (κ2) is 4.47. The van der Waals surface area contributed by atoms with Crippen molar-refractivity contribution in [2.24, 2.45) is 10.6 Å². The second-order valence-corrected chi connectivity index (χ2v) is 7.25. The smallest absolute Gasteiger partial charge is 0.248 e. The lowest BCUT2D eigenvalue weighted by Crippen LogP contribution is -2.62. The van der Waals surface area contributed by atoms with Crippen LogP contribution in [0.5, 0.6) is 0 Å². The van der Waals surface area contributed by atoms with Gasteiger partial charge in [-0.2, -0.15) is 0 Å². The Hall–Kier alpha value is -1.06. The van der Waals surface area contributed by atoms with E-state index in [0.29, 0.717) is 10.4 Å². The first kappa shape index (κ1) is 13.9. The van der Waals surface area contributed by atoms with Crippen LogP contribution in [0.2, 0.25) is 5.02 Å². The van der Waals surface area contributed by atoms with E-state index in [1.807, 2.05) is 6.07 Å². The number of amidine groups is 1. The predicted molar refractivity (Wildman–Crippen MR) is 83.6 cm³/mol. The number of oxime groups is 1. The largest absolute Gasteiger partial charge is 0.406 e. The highest BCUT2D eigenvalue weighted by Gasteiger charge is 2.55. The average Bonchev–Trinajstić information content (AvgIpc) is 2.35. The molecule has 0 saturated carbocycles. The van der Waals surface area contributed by atoms with E-state index in [9.17, 15) is 5.21 Å². The molecule has 1 fully saturated rings. The molecule has 0 radical (unpaired) electrons. The highest BCUT2D eigenvalue weighted by molar-refractivity contribution is 6.30. The van der Waals surface area contributed by atoms with Crippen LogP contribution in [0.4, 0.5) is 5.69 Å². The van der Waals surface area contributed by atoms with Crippen LogP contribution >= 0.6 is 11.6 Å². The lowest BCUT2D eigenvalue weighted by molar-refractivity contribution is 0.235. The van der Waals surface area contributed by atoms with Crippen LogP contribution in [0.3, 0.4) is 0 Å².